The van der Waals surface area contributed by atoms with E-state index in [9.17, 15) is 14.9 Å². The highest BCUT2D eigenvalue weighted by molar-refractivity contribution is 6.31. The van der Waals surface area contributed by atoms with Crippen molar-refractivity contribution < 1.29 is 19.2 Å². The Labute approximate surface area is 147 Å². The number of nitro groups is 1. The van der Waals surface area contributed by atoms with E-state index in [0.717, 1.165) is 0 Å². The van der Waals surface area contributed by atoms with Crippen LogP contribution in [0.2, 0.25) is 5.02 Å². The highest BCUT2D eigenvalue weighted by atomic mass is 35.5. The van der Waals surface area contributed by atoms with Crippen LogP contribution in [0, 0.1) is 10.1 Å². The quantitative estimate of drug-likeness (QED) is 0.360. The van der Waals surface area contributed by atoms with Gasteiger partial charge < -0.3 is 9.47 Å². The second-order valence-electron chi connectivity index (χ2n) is 5.03. The molecule has 0 aromatic heterocycles. The molecule has 0 bridgehead atoms. The number of cyclic esters (lactones) is 1. The van der Waals surface area contributed by atoms with E-state index in [1.165, 1.54) is 31.4 Å². The van der Waals surface area contributed by atoms with Gasteiger partial charge in [0.05, 0.1) is 17.6 Å². The van der Waals surface area contributed by atoms with Crippen LogP contribution < -0.4 is 4.74 Å². The molecule has 0 N–H and O–H groups in total. The highest BCUT2D eigenvalue weighted by Crippen LogP contribution is 2.28. The Morgan fingerprint density at radius 3 is 2.80 bits per heavy atom. The van der Waals surface area contributed by atoms with Gasteiger partial charge in [-0.25, -0.2) is 9.79 Å². The average molecular weight is 359 g/mol. The standard InChI is InChI=1S/C17H11ClN2O5/c1-24-15-6-5-11(18)9-13(15)16-19-14(17(21)25-16)8-10-3-2-4-12(7-10)20(22)23/h2-9H,1H3/b14-8+. The molecule has 8 heteroatoms. The van der Waals surface area contributed by atoms with E-state index in [1.807, 2.05) is 0 Å². The number of esters is 1. The summed E-state index contributed by atoms with van der Waals surface area (Å²) in [5, 5.41) is 11.3. The van der Waals surface area contributed by atoms with E-state index < -0.39 is 10.9 Å². The van der Waals surface area contributed by atoms with Crippen LogP contribution >= 0.6 is 11.6 Å². The molecule has 0 unspecified atom stereocenters. The van der Waals surface area contributed by atoms with E-state index in [2.05, 4.69) is 4.99 Å². The van der Waals surface area contributed by atoms with Crippen molar-refractivity contribution in [3.05, 3.63) is 74.4 Å². The van der Waals surface area contributed by atoms with Crippen LogP contribution in [0.3, 0.4) is 0 Å². The van der Waals surface area contributed by atoms with Crippen molar-refractivity contribution in [3.8, 4) is 5.75 Å². The Morgan fingerprint density at radius 2 is 2.08 bits per heavy atom. The van der Waals surface area contributed by atoms with Gasteiger partial charge in [-0.3, -0.25) is 10.1 Å². The van der Waals surface area contributed by atoms with Crippen LogP contribution in [0.1, 0.15) is 11.1 Å². The van der Waals surface area contributed by atoms with Crippen molar-refractivity contribution in [1.29, 1.82) is 0 Å². The molecule has 1 aliphatic heterocycles. The number of carbonyl (C=O) groups excluding carboxylic acids is 1. The van der Waals surface area contributed by atoms with Crippen LogP contribution in [-0.4, -0.2) is 23.9 Å². The molecule has 126 valence electrons. The van der Waals surface area contributed by atoms with E-state index in [0.29, 0.717) is 21.9 Å². The SMILES string of the molecule is COc1ccc(Cl)cc1C1=N/C(=C/c2cccc([N+](=O)[O-])c2)C(=O)O1. The average Bonchev–Trinajstić information content (AvgIpc) is 2.95. The number of nitro benzene ring substituents is 1. The maximum absolute atomic E-state index is 12.1. The maximum Gasteiger partial charge on any atom is 0.363 e. The van der Waals surface area contributed by atoms with Gasteiger partial charge in [-0.1, -0.05) is 23.7 Å². The van der Waals surface area contributed by atoms with E-state index in [-0.39, 0.29) is 17.3 Å². The smallest absolute Gasteiger partial charge is 0.363 e. The Hall–Kier alpha value is -3.19. The number of carbonyl (C=O) groups is 1. The van der Waals surface area contributed by atoms with Crippen molar-refractivity contribution in [2.45, 2.75) is 0 Å². The third-order valence-electron chi connectivity index (χ3n) is 3.40. The van der Waals surface area contributed by atoms with Crippen molar-refractivity contribution in [2.24, 2.45) is 4.99 Å². The molecule has 0 aliphatic carbocycles. The first-order chi connectivity index (χ1) is 12.0. The summed E-state index contributed by atoms with van der Waals surface area (Å²) in [5.74, 6) is -0.155. The van der Waals surface area contributed by atoms with Crippen molar-refractivity contribution in [3.63, 3.8) is 0 Å². The normalized spacial score (nSPS) is 15.0. The molecule has 7 nitrogen and oxygen atoms in total. The molecule has 0 amide bonds. The summed E-state index contributed by atoms with van der Waals surface area (Å²) in [5.41, 5.74) is 0.842. The number of ether oxygens (including phenoxy) is 2. The molecule has 0 saturated heterocycles. The minimum atomic E-state index is -0.663. The summed E-state index contributed by atoms with van der Waals surface area (Å²) < 4.78 is 10.4. The first-order valence-corrected chi connectivity index (χ1v) is 7.46. The summed E-state index contributed by atoms with van der Waals surface area (Å²) in [6.07, 6.45) is 1.42. The van der Waals surface area contributed by atoms with Gasteiger partial charge >= 0.3 is 5.97 Å². The second kappa shape index (κ2) is 6.74. The van der Waals surface area contributed by atoms with Gasteiger partial charge in [-0.2, -0.15) is 0 Å². The Morgan fingerprint density at radius 1 is 1.28 bits per heavy atom. The summed E-state index contributed by atoms with van der Waals surface area (Å²) in [4.78, 5) is 26.5. The van der Waals surface area contributed by atoms with Gasteiger partial charge in [0.2, 0.25) is 5.90 Å². The molecule has 25 heavy (non-hydrogen) atoms. The summed E-state index contributed by atoms with van der Waals surface area (Å²) in [6, 6.07) is 10.7. The van der Waals surface area contributed by atoms with Crippen molar-refractivity contribution >= 4 is 35.2 Å². The number of methoxy groups -OCH3 is 1. The number of hydrogen-bond acceptors (Lipinski definition) is 6. The zero-order valence-electron chi connectivity index (χ0n) is 12.9. The van der Waals surface area contributed by atoms with Gasteiger partial charge in [0.15, 0.2) is 5.70 Å². The molecule has 0 radical (unpaired) electrons. The number of benzene rings is 2. The third-order valence-corrected chi connectivity index (χ3v) is 3.63. The van der Waals surface area contributed by atoms with Crippen molar-refractivity contribution in [1.82, 2.24) is 0 Å². The van der Waals surface area contributed by atoms with Gasteiger partial charge in [0.1, 0.15) is 5.75 Å². The molecule has 1 heterocycles. The molecule has 1 aliphatic rings. The van der Waals surface area contributed by atoms with Crippen LogP contribution in [-0.2, 0) is 9.53 Å². The molecule has 2 aromatic rings. The molecule has 0 spiro atoms. The topological polar surface area (TPSA) is 91.0 Å². The number of aliphatic imine (C=N–C) groups is 1. The Kier molecular flexibility index (Phi) is 4.49. The lowest BCUT2D eigenvalue weighted by atomic mass is 10.1. The number of hydrogen-bond donors (Lipinski definition) is 0. The first kappa shape index (κ1) is 16.7. The third kappa shape index (κ3) is 3.51. The maximum atomic E-state index is 12.1. The van der Waals surface area contributed by atoms with Crippen LogP contribution in [0.5, 0.6) is 5.75 Å². The second-order valence-corrected chi connectivity index (χ2v) is 5.47. The molecule has 3 rings (SSSR count). The van der Waals surface area contributed by atoms with Crippen LogP contribution in [0.15, 0.2) is 53.2 Å². The number of halogens is 1. The first-order valence-electron chi connectivity index (χ1n) is 7.09. The Bertz CT molecular complexity index is 936. The zero-order chi connectivity index (χ0) is 18.0. The molecular weight excluding hydrogens is 348 g/mol. The fraction of sp³-hybridized carbons (Fsp3) is 0.0588. The largest absolute Gasteiger partial charge is 0.496 e. The van der Waals surface area contributed by atoms with Crippen molar-refractivity contribution in [2.75, 3.05) is 7.11 Å². The summed E-state index contributed by atoms with van der Waals surface area (Å²) >= 11 is 5.97. The predicted octanol–water partition coefficient (Wildman–Crippen LogP) is 3.60. The number of nitrogens with zero attached hydrogens (tertiary/aromatic N) is 2. The fourth-order valence-electron chi connectivity index (χ4n) is 2.26. The van der Waals surface area contributed by atoms with Gasteiger partial charge in [-0.05, 0) is 29.8 Å². The molecule has 0 saturated carbocycles. The monoisotopic (exact) mass is 358 g/mol. The van der Waals surface area contributed by atoms with Crippen LogP contribution in [0.4, 0.5) is 5.69 Å². The molecule has 0 atom stereocenters. The number of rotatable bonds is 4. The molecule has 2 aromatic carbocycles. The minimum absolute atomic E-state index is 0.0255. The van der Waals surface area contributed by atoms with Crippen LogP contribution in [0.25, 0.3) is 6.08 Å². The van der Waals surface area contributed by atoms with Gasteiger partial charge in [0.25, 0.3) is 5.69 Å². The molecular formula is C17H11ClN2O5. The fourth-order valence-corrected chi connectivity index (χ4v) is 2.43. The lowest BCUT2D eigenvalue weighted by Gasteiger charge is -2.07. The minimum Gasteiger partial charge on any atom is -0.496 e. The Balaban J connectivity index is 1.99. The summed E-state index contributed by atoms with van der Waals surface area (Å²) in [6.45, 7) is 0. The van der Waals surface area contributed by atoms with E-state index >= 15 is 0 Å². The van der Waals surface area contributed by atoms with Gasteiger partial charge in [0, 0.05) is 17.2 Å². The zero-order valence-corrected chi connectivity index (χ0v) is 13.7. The van der Waals surface area contributed by atoms with Gasteiger partial charge in [-0.15, -0.1) is 0 Å². The lowest BCUT2D eigenvalue weighted by molar-refractivity contribution is -0.384. The predicted molar refractivity (Wildman–Crippen MR) is 91.7 cm³/mol. The highest BCUT2D eigenvalue weighted by Gasteiger charge is 2.26. The lowest BCUT2D eigenvalue weighted by Crippen LogP contribution is -2.07. The summed E-state index contributed by atoms with van der Waals surface area (Å²) in [7, 11) is 1.48. The number of non-ortho nitro benzene ring substituents is 1. The molecule has 0 fully saturated rings. The van der Waals surface area contributed by atoms with E-state index in [1.54, 1.807) is 24.3 Å². The van der Waals surface area contributed by atoms with E-state index in [4.69, 9.17) is 21.1 Å².